The van der Waals surface area contributed by atoms with Crippen molar-refractivity contribution in [3.63, 3.8) is 0 Å². The summed E-state index contributed by atoms with van der Waals surface area (Å²) in [5, 5.41) is 4.65. The van der Waals surface area contributed by atoms with E-state index >= 15 is 0 Å². The Labute approximate surface area is 129 Å². The van der Waals surface area contributed by atoms with E-state index in [0.29, 0.717) is 13.2 Å². The number of hydrogen-bond donors (Lipinski definition) is 1. The minimum atomic E-state index is 0.232. The van der Waals surface area contributed by atoms with Crippen LogP contribution in [0, 0.1) is 0 Å². The van der Waals surface area contributed by atoms with Crippen LogP contribution in [0.25, 0.3) is 0 Å². The van der Waals surface area contributed by atoms with Gasteiger partial charge in [0.05, 0.1) is 6.04 Å². The van der Waals surface area contributed by atoms with E-state index in [-0.39, 0.29) is 6.04 Å². The molecule has 0 aliphatic carbocycles. The lowest BCUT2D eigenvalue weighted by molar-refractivity contribution is 0.169. The first-order valence-electron chi connectivity index (χ1n) is 7.33. The van der Waals surface area contributed by atoms with Gasteiger partial charge in [-0.05, 0) is 19.4 Å². The first kappa shape index (κ1) is 14.4. The highest BCUT2D eigenvalue weighted by Crippen LogP contribution is 2.33. The van der Waals surface area contributed by atoms with Crippen molar-refractivity contribution in [3.05, 3.63) is 39.8 Å². The first-order valence-corrected chi connectivity index (χ1v) is 8.15. The average Bonchev–Trinajstić information content (AvgIpc) is 3.01. The summed E-state index contributed by atoms with van der Waals surface area (Å²) in [5.74, 6) is 1.72. The Balaban J connectivity index is 1.67. The van der Waals surface area contributed by atoms with E-state index in [1.807, 2.05) is 18.3 Å². The minimum absolute atomic E-state index is 0.232. The number of hydrogen-bond acceptors (Lipinski definition) is 5. The van der Waals surface area contributed by atoms with Crippen molar-refractivity contribution in [2.24, 2.45) is 0 Å². The van der Waals surface area contributed by atoms with Gasteiger partial charge in [0.15, 0.2) is 11.5 Å². The van der Waals surface area contributed by atoms with Crippen LogP contribution >= 0.6 is 11.3 Å². The third-order valence-corrected chi connectivity index (χ3v) is 4.86. The van der Waals surface area contributed by atoms with Crippen LogP contribution in [-0.4, -0.2) is 18.2 Å². The zero-order valence-electron chi connectivity index (χ0n) is 12.4. The van der Waals surface area contributed by atoms with E-state index in [2.05, 4.69) is 30.2 Å². The van der Waals surface area contributed by atoms with Gasteiger partial charge in [-0.2, -0.15) is 0 Å². The van der Waals surface area contributed by atoms with Crippen molar-refractivity contribution >= 4 is 11.3 Å². The molecule has 1 aromatic carbocycles. The minimum Gasteiger partial charge on any atom is -0.486 e. The summed E-state index contributed by atoms with van der Waals surface area (Å²) in [6.07, 6.45) is 3.02. The monoisotopic (exact) mass is 304 g/mol. The van der Waals surface area contributed by atoms with Gasteiger partial charge in [-0.3, -0.25) is 0 Å². The standard InChI is InChI=1S/C16H20N2O2S/c1-3-13-10-18-16(21-13)11(2)17-9-12-5-4-6-14-15(12)20-8-7-19-14/h4-6,10-11,17H,3,7-9H2,1-2H3. The molecule has 1 aliphatic heterocycles. The zero-order chi connectivity index (χ0) is 14.7. The Morgan fingerprint density at radius 3 is 3.00 bits per heavy atom. The normalized spacial score (nSPS) is 15.0. The Bertz CT molecular complexity index is 612. The number of nitrogens with zero attached hydrogens (tertiary/aromatic N) is 1. The molecule has 0 bridgehead atoms. The van der Waals surface area contributed by atoms with Crippen LogP contribution in [0.15, 0.2) is 24.4 Å². The average molecular weight is 304 g/mol. The lowest BCUT2D eigenvalue weighted by Crippen LogP contribution is -2.21. The molecule has 0 radical (unpaired) electrons. The molecule has 5 heteroatoms. The highest BCUT2D eigenvalue weighted by Gasteiger charge is 2.16. The van der Waals surface area contributed by atoms with E-state index in [9.17, 15) is 0 Å². The van der Waals surface area contributed by atoms with E-state index < -0.39 is 0 Å². The summed E-state index contributed by atoms with van der Waals surface area (Å²) in [7, 11) is 0. The summed E-state index contributed by atoms with van der Waals surface area (Å²) in [6.45, 7) is 6.29. The van der Waals surface area contributed by atoms with Crippen molar-refractivity contribution in [3.8, 4) is 11.5 Å². The number of fused-ring (bicyclic) bond motifs is 1. The third-order valence-electron chi connectivity index (χ3n) is 3.54. The van der Waals surface area contributed by atoms with Gasteiger partial charge in [-0.1, -0.05) is 19.1 Å². The van der Waals surface area contributed by atoms with Crippen molar-refractivity contribution in [2.75, 3.05) is 13.2 Å². The molecule has 1 aliphatic rings. The summed E-state index contributed by atoms with van der Waals surface area (Å²) in [6, 6.07) is 6.27. The molecule has 21 heavy (non-hydrogen) atoms. The van der Waals surface area contributed by atoms with Gasteiger partial charge in [0.25, 0.3) is 0 Å². The lowest BCUT2D eigenvalue weighted by Gasteiger charge is -2.21. The number of benzene rings is 1. The van der Waals surface area contributed by atoms with Gasteiger partial charge in [0.1, 0.15) is 18.2 Å². The van der Waals surface area contributed by atoms with Crippen molar-refractivity contribution < 1.29 is 9.47 Å². The second kappa shape index (κ2) is 6.45. The largest absolute Gasteiger partial charge is 0.486 e. The molecule has 3 rings (SSSR count). The van der Waals surface area contributed by atoms with Crippen molar-refractivity contribution in [1.29, 1.82) is 0 Å². The fraction of sp³-hybridized carbons (Fsp3) is 0.438. The van der Waals surface area contributed by atoms with Crippen LogP contribution in [0.5, 0.6) is 11.5 Å². The Kier molecular flexibility index (Phi) is 4.41. The first-order chi connectivity index (χ1) is 10.3. The van der Waals surface area contributed by atoms with Gasteiger partial charge < -0.3 is 14.8 Å². The zero-order valence-corrected chi connectivity index (χ0v) is 13.2. The van der Waals surface area contributed by atoms with Gasteiger partial charge in [-0.15, -0.1) is 11.3 Å². The maximum atomic E-state index is 5.74. The summed E-state index contributed by atoms with van der Waals surface area (Å²) in [4.78, 5) is 5.81. The van der Waals surface area contributed by atoms with Crippen LogP contribution in [-0.2, 0) is 13.0 Å². The van der Waals surface area contributed by atoms with Crippen LogP contribution in [0.3, 0.4) is 0 Å². The molecule has 1 atom stereocenters. The molecule has 1 N–H and O–H groups in total. The molecule has 0 saturated carbocycles. The van der Waals surface area contributed by atoms with Crippen LogP contribution < -0.4 is 14.8 Å². The lowest BCUT2D eigenvalue weighted by atomic mass is 10.1. The number of thiazole rings is 1. The molecular formula is C16H20N2O2S. The summed E-state index contributed by atoms with van der Waals surface area (Å²) in [5.41, 5.74) is 1.13. The number of ether oxygens (including phenoxy) is 2. The number of nitrogens with one attached hydrogen (secondary N) is 1. The smallest absolute Gasteiger partial charge is 0.165 e. The maximum Gasteiger partial charge on any atom is 0.165 e. The number of para-hydroxylation sites is 1. The van der Waals surface area contributed by atoms with E-state index in [0.717, 1.165) is 35.0 Å². The number of aromatic nitrogens is 1. The Hall–Kier alpha value is -1.59. The van der Waals surface area contributed by atoms with Crippen molar-refractivity contribution in [1.82, 2.24) is 10.3 Å². The molecule has 1 aromatic heterocycles. The maximum absolute atomic E-state index is 5.74. The van der Waals surface area contributed by atoms with Crippen molar-refractivity contribution in [2.45, 2.75) is 32.9 Å². The Morgan fingerprint density at radius 2 is 2.19 bits per heavy atom. The fourth-order valence-corrected chi connectivity index (χ4v) is 3.19. The molecule has 0 amide bonds. The van der Waals surface area contributed by atoms with Gasteiger partial charge in [0.2, 0.25) is 0 Å². The van der Waals surface area contributed by atoms with E-state index in [4.69, 9.17) is 9.47 Å². The van der Waals surface area contributed by atoms with E-state index in [1.165, 1.54) is 4.88 Å². The van der Waals surface area contributed by atoms with Crippen LogP contribution in [0.2, 0.25) is 0 Å². The highest BCUT2D eigenvalue weighted by atomic mass is 32.1. The fourth-order valence-electron chi connectivity index (χ4n) is 2.31. The SMILES string of the molecule is CCc1cnc(C(C)NCc2cccc3c2OCCO3)s1. The molecular weight excluding hydrogens is 284 g/mol. The second-order valence-electron chi connectivity index (χ2n) is 5.06. The molecule has 2 aromatic rings. The predicted molar refractivity (Wildman–Crippen MR) is 84.2 cm³/mol. The predicted octanol–water partition coefficient (Wildman–Crippen LogP) is 3.33. The number of aryl methyl sites for hydroxylation is 1. The van der Waals surface area contributed by atoms with E-state index in [1.54, 1.807) is 11.3 Å². The molecule has 2 heterocycles. The number of rotatable bonds is 5. The Morgan fingerprint density at radius 1 is 1.33 bits per heavy atom. The second-order valence-corrected chi connectivity index (χ2v) is 6.21. The van der Waals surface area contributed by atoms with Crippen LogP contribution in [0.1, 0.15) is 35.3 Å². The molecule has 0 spiro atoms. The topological polar surface area (TPSA) is 43.4 Å². The molecule has 0 fully saturated rings. The summed E-state index contributed by atoms with van der Waals surface area (Å²) >= 11 is 1.78. The van der Waals surface area contributed by atoms with Crippen LogP contribution in [0.4, 0.5) is 0 Å². The van der Waals surface area contributed by atoms with Gasteiger partial charge >= 0.3 is 0 Å². The molecule has 0 saturated heterocycles. The molecule has 1 unspecified atom stereocenters. The quantitative estimate of drug-likeness (QED) is 0.920. The summed E-state index contributed by atoms with van der Waals surface area (Å²) < 4.78 is 11.3. The molecule has 4 nitrogen and oxygen atoms in total. The van der Waals surface area contributed by atoms with Gasteiger partial charge in [-0.25, -0.2) is 4.98 Å². The third kappa shape index (κ3) is 3.19. The van der Waals surface area contributed by atoms with Gasteiger partial charge in [0, 0.05) is 23.2 Å². The molecule has 112 valence electrons. The highest BCUT2D eigenvalue weighted by molar-refractivity contribution is 7.11.